The van der Waals surface area contributed by atoms with E-state index in [9.17, 15) is 43.2 Å². The van der Waals surface area contributed by atoms with Gasteiger partial charge in [-0.05, 0) is 37.5 Å². The van der Waals surface area contributed by atoms with Gasteiger partial charge < -0.3 is 33.8 Å². The Hall–Kier alpha value is -1.94. The number of hydrogen-bond donors (Lipinski definition) is 3. The van der Waals surface area contributed by atoms with Crippen molar-refractivity contribution in [2.24, 2.45) is 11.8 Å². The maximum Gasteiger partial charge on any atom is 0.472 e. The average molecular weight is 1410 g/mol. The van der Waals surface area contributed by atoms with Gasteiger partial charge in [0.1, 0.15) is 19.3 Å². The van der Waals surface area contributed by atoms with Crippen LogP contribution in [0.5, 0.6) is 0 Å². The van der Waals surface area contributed by atoms with Crippen LogP contribution >= 0.6 is 15.6 Å². The average Bonchev–Trinajstić information content (AvgIpc) is 1.23. The predicted octanol–water partition coefficient (Wildman–Crippen LogP) is 22.7. The molecule has 0 spiro atoms. The van der Waals surface area contributed by atoms with Crippen LogP contribution in [0.25, 0.3) is 0 Å². The molecule has 2 unspecified atom stereocenters. The van der Waals surface area contributed by atoms with Crippen molar-refractivity contribution in [2.75, 3.05) is 39.6 Å². The maximum atomic E-state index is 13.1. The topological polar surface area (TPSA) is 237 Å². The Morgan fingerprint density at radius 1 is 0.281 bits per heavy atom. The molecule has 96 heavy (non-hydrogen) atoms. The zero-order chi connectivity index (χ0) is 70.7. The first kappa shape index (κ1) is 94.1. The van der Waals surface area contributed by atoms with E-state index >= 15 is 0 Å². The van der Waals surface area contributed by atoms with Gasteiger partial charge in [-0.3, -0.25) is 37.3 Å². The molecule has 570 valence electrons. The van der Waals surface area contributed by atoms with E-state index in [0.717, 1.165) is 102 Å². The first-order valence-corrected chi connectivity index (χ1v) is 43.0. The summed E-state index contributed by atoms with van der Waals surface area (Å²) in [6.07, 6.45) is 57.1. The largest absolute Gasteiger partial charge is 0.472 e. The van der Waals surface area contributed by atoms with Crippen LogP contribution < -0.4 is 0 Å². The van der Waals surface area contributed by atoms with Crippen molar-refractivity contribution in [1.82, 2.24) is 0 Å². The minimum atomic E-state index is -4.96. The van der Waals surface area contributed by atoms with Gasteiger partial charge in [0, 0.05) is 25.7 Å². The van der Waals surface area contributed by atoms with E-state index in [1.165, 1.54) is 212 Å². The smallest absolute Gasteiger partial charge is 0.462 e. The van der Waals surface area contributed by atoms with Gasteiger partial charge in [0.2, 0.25) is 0 Å². The molecule has 0 bridgehead atoms. The molecule has 5 atom stereocenters. The van der Waals surface area contributed by atoms with Gasteiger partial charge >= 0.3 is 39.5 Å². The highest BCUT2D eigenvalue weighted by Crippen LogP contribution is 2.45. The Balaban J connectivity index is 5.23. The van der Waals surface area contributed by atoms with E-state index in [0.29, 0.717) is 31.6 Å². The van der Waals surface area contributed by atoms with Gasteiger partial charge in [-0.25, -0.2) is 9.13 Å². The van der Waals surface area contributed by atoms with Crippen LogP contribution in [0.15, 0.2) is 0 Å². The van der Waals surface area contributed by atoms with Gasteiger partial charge in [0.15, 0.2) is 12.2 Å². The number of phosphoric ester groups is 2. The minimum Gasteiger partial charge on any atom is -0.462 e. The number of carbonyl (C=O) groups excluding carboxylic acids is 4. The number of esters is 4. The first-order valence-electron chi connectivity index (χ1n) is 40.0. The molecule has 19 heteroatoms. The highest BCUT2D eigenvalue weighted by molar-refractivity contribution is 7.47. The van der Waals surface area contributed by atoms with Gasteiger partial charge in [-0.2, -0.15) is 0 Å². The summed E-state index contributed by atoms with van der Waals surface area (Å²) in [6, 6.07) is 0. The summed E-state index contributed by atoms with van der Waals surface area (Å²) in [6.45, 7) is 9.51. The molecule has 0 aromatic heterocycles. The molecular weight excluding hydrogens is 1260 g/mol. The second kappa shape index (κ2) is 68.8. The van der Waals surface area contributed by atoms with Crippen LogP contribution in [0.2, 0.25) is 0 Å². The molecule has 0 saturated heterocycles. The lowest BCUT2D eigenvalue weighted by atomic mass is 10.0. The fourth-order valence-electron chi connectivity index (χ4n) is 11.8. The number of phosphoric acid groups is 2. The number of aliphatic hydroxyl groups is 1. The normalized spacial score (nSPS) is 14.0. The molecule has 3 N–H and O–H groups in total. The molecule has 0 aliphatic heterocycles. The van der Waals surface area contributed by atoms with Crippen LogP contribution in [0.3, 0.4) is 0 Å². The highest BCUT2D eigenvalue weighted by atomic mass is 31.2. The van der Waals surface area contributed by atoms with Crippen molar-refractivity contribution in [3.8, 4) is 0 Å². The number of carbonyl (C=O) groups is 4. The van der Waals surface area contributed by atoms with E-state index in [-0.39, 0.29) is 25.7 Å². The van der Waals surface area contributed by atoms with E-state index in [1.54, 1.807) is 0 Å². The molecule has 0 radical (unpaired) electrons. The minimum absolute atomic E-state index is 0.105. The molecule has 17 nitrogen and oxygen atoms in total. The van der Waals surface area contributed by atoms with Gasteiger partial charge in [0.25, 0.3) is 0 Å². The zero-order valence-corrected chi connectivity index (χ0v) is 64.5. The van der Waals surface area contributed by atoms with Gasteiger partial charge in [0.05, 0.1) is 26.4 Å². The third-order valence-corrected chi connectivity index (χ3v) is 19.9. The SMILES string of the molecule is CCCCCCCCCCCCCCCCCCCC(=O)OC[C@H](COP(=O)(O)OC[C@@H](O)COP(=O)(O)OC[C@@H](COC(=O)CCCCCCCCC(C)C)OC(=O)CCCCCCCCCCCCC(C)C)OC(=O)CCCCCCCCCCCCCCCCCCC. The lowest BCUT2D eigenvalue weighted by Gasteiger charge is -2.21. The third kappa shape index (κ3) is 70.5. The molecule has 0 fully saturated rings. The quantitative estimate of drug-likeness (QED) is 0.0222. The Morgan fingerprint density at radius 2 is 0.479 bits per heavy atom. The molecule has 0 aliphatic carbocycles. The van der Waals surface area contributed by atoms with Crippen molar-refractivity contribution in [3.63, 3.8) is 0 Å². The molecule has 0 aliphatic rings. The predicted molar refractivity (Wildman–Crippen MR) is 391 cm³/mol. The van der Waals surface area contributed by atoms with Gasteiger partial charge in [-0.15, -0.1) is 0 Å². The number of aliphatic hydroxyl groups excluding tert-OH is 1. The van der Waals surface area contributed by atoms with Crippen molar-refractivity contribution in [2.45, 2.75) is 419 Å². The third-order valence-electron chi connectivity index (χ3n) is 18.0. The summed E-state index contributed by atoms with van der Waals surface area (Å²) < 4.78 is 68.5. The molecule has 0 saturated carbocycles. The second-order valence-corrected chi connectivity index (χ2v) is 31.6. The lowest BCUT2D eigenvalue weighted by Crippen LogP contribution is -2.30. The van der Waals surface area contributed by atoms with Crippen molar-refractivity contribution in [1.29, 1.82) is 0 Å². The van der Waals surface area contributed by atoms with E-state index in [1.807, 2.05) is 0 Å². The Labute approximate surface area is 588 Å². The molecule has 0 rings (SSSR count). The number of ether oxygens (including phenoxy) is 4. The maximum absolute atomic E-state index is 13.1. The highest BCUT2D eigenvalue weighted by Gasteiger charge is 2.30. The summed E-state index contributed by atoms with van der Waals surface area (Å²) in [4.78, 5) is 72.8. The van der Waals surface area contributed by atoms with Crippen LogP contribution in [-0.2, 0) is 65.4 Å². The zero-order valence-electron chi connectivity index (χ0n) is 62.7. The second-order valence-electron chi connectivity index (χ2n) is 28.7. The first-order chi connectivity index (χ1) is 46.4. The van der Waals surface area contributed by atoms with E-state index < -0.39 is 97.5 Å². The molecule has 0 aromatic rings. The monoisotopic (exact) mass is 1410 g/mol. The molecule has 0 amide bonds. The van der Waals surface area contributed by atoms with Crippen molar-refractivity contribution >= 4 is 39.5 Å². The summed E-state index contributed by atoms with van der Waals surface area (Å²) in [5, 5.41) is 10.6. The van der Waals surface area contributed by atoms with Crippen LogP contribution in [0.4, 0.5) is 0 Å². The van der Waals surface area contributed by atoms with Crippen LogP contribution in [0.1, 0.15) is 401 Å². The van der Waals surface area contributed by atoms with Gasteiger partial charge in [-0.1, -0.05) is 350 Å². The Morgan fingerprint density at radius 3 is 0.708 bits per heavy atom. The van der Waals surface area contributed by atoms with E-state index in [2.05, 4.69) is 41.5 Å². The fourth-order valence-corrected chi connectivity index (χ4v) is 13.4. The number of unbranched alkanes of at least 4 members (excludes halogenated alkanes) is 46. The molecule has 0 heterocycles. The van der Waals surface area contributed by atoms with E-state index in [4.69, 9.17) is 37.0 Å². The fraction of sp³-hybridized carbons (Fsp3) is 0.948. The standard InChI is InChI=1S/C77H150O17P2/c1-7-9-11-13-15-17-19-21-23-25-27-29-31-36-40-47-53-59-74(79)87-65-72(93-76(81)61-55-49-41-37-32-30-28-26-24-22-20-18-16-14-12-10-8-2)67-91-95(83,84)89-63-71(78)64-90-96(85,86)92-68-73(66-88-75(80)60-54-48-44-43-46-52-58-70(5)6)94-77(82)62-56-50-42-38-34-33-35-39-45-51-57-69(3)4/h69-73,78H,7-68H2,1-6H3,(H,83,84)(H,85,86)/t71-,72-,73-/m1/s1. The lowest BCUT2D eigenvalue weighted by molar-refractivity contribution is -0.161. The molecule has 0 aromatic carbocycles. The summed E-state index contributed by atoms with van der Waals surface area (Å²) in [5.74, 6) is -0.684. The van der Waals surface area contributed by atoms with Crippen molar-refractivity contribution < 1.29 is 80.2 Å². The Kier molecular flexibility index (Phi) is 67.4. The summed E-state index contributed by atoms with van der Waals surface area (Å²) in [5.41, 5.74) is 0. The summed E-state index contributed by atoms with van der Waals surface area (Å²) in [7, 11) is -9.91. The molecular formula is C77H150O17P2. The van der Waals surface area contributed by atoms with Crippen LogP contribution in [-0.4, -0.2) is 96.7 Å². The number of rotatable bonds is 76. The van der Waals surface area contributed by atoms with Crippen molar-refractivity contribution in [3.05, 3.63) is 0 Å². The Bertz CT molecular complexity index is 1860. The van der Waals surface area contributed by atoms with Crippen LogP contribution in [0, 0.1) is 11.8 Å². The summed E-state index contributed by atoms with van der Waals surface area (Å²) >= 11 is 0. The number of hydrogen-bond acceptors (Lipinski definition) is 15.